The molecule has 2 rings (SSSR count). The number of nitrogens with one attached hydrogen (secondary N) is 1. The maximum atomic E-state index is 12.4. The molecule has 0 amide bonds. The maximum Gasteiger partial charge on any atom is 0.468 e. The third kappa shape index (κ3) is 2.58. The molecule has 0 aliphatic carbocycles. The predicted octanol–water partition coefficient (Wildman–Crippen LogP) is 2.61. The van der Waals surface area contributed by atoms with Crippen molar-refractivity contribution in [3.05, 3.63) is 29.7 Å². The van der Waals surface area contributed by atoms with Crippen LogP contribution in [0.1, 0.15) is 11.5 Å². The van der Waals surface area contributed by atoms with E-state index >= 15 is 0 Å². The Morgan fingerprint density at radius 3 is 2.76 bits per heavy atom. The van der Waals surface area contributed by atoms with E-state index in [4.69, 9.17) is 0 Å². The van der Waals surface area contributed by atoms with E-state index in [0.29, 0.717) is 0 Å². The highest BCUT2D eigenvalue weighted by Crippen LogP contribution is 2.31. The van der Waals surface area contributed by atoms with E-state index in [1.54, 1.807) is 12.1 Å². The number of fused-ring (bicyclic) bond motifs is 1. The number of benzene rings is 1. The van der Waals surface area contributed by atoms with Gasteiger partial charge in [-0.15, -0.1) is 0 Å². The van der Waals surface area contributed by atoms with Gasteiger partial charge in [0.1, 0.15) is 5.52 Å². The number of hydrogen-bond donors (Lipinski definition) is 1. The highest BCUT2D eigenvalue weighted by Gasteiger charge is 2.37. The second-order valence-corrected chi connectivity index (χ2v) is 3.67. The van der Waals surface area contributed by atoms with E-state index in [9.17, 15) is 13.2 Å². The lowest BCUT2D eigenvalue weighted by Crippen LogP contribution is -2.10. The number of hydrogen-bond acceptors (Lipinski definition) is 3. The van der Waals surface area contributed by atoms with E-state index in [0.717, 1.165) is 18.5 Å². The molecule has 1 aromatic heterocycles. The summed E-state index contributed by atoms with van der Waals surface area (Å²) in [7, 11) is 1.82. The van der Waals surface area contributed by atoms with Crippen LogP contribution < -0.4 is 5.32 Å². The SMILES string of the molecule is CNCCc1ccc2oc(C(F)(F)F)nc2c1. The molecule has 0 aliphatic rings. The van der Waals surface area contributed by atoms with Crippen molar-refractivity contribution < 1.29 is 17.6 Å². The summed E-state index contributed by atoms with van der Waals surface area (Å²) in [5.74, 6) is -1.20. The Morgan fingerprint density at radius 1 is 1.35 bits per heavy atom. The van der Waals surface area contributed by atoms with Gasteiger partial charge in [-0.25, -0.2) is 4.98 Å². The summed E-state index contributed by atoms with van der Waals surface area (Å²) < 4.78 is 41.7. The summed E-state index contributed by atoms with van der Waals surface area (Å²) in [5.41, 5.74) is 1.32. The quantitative estimate of drug-likeness (QED) is 0.901. The van der Waals surface area contributed by atoms with Crippen molar-refractivity contribution in [2.75, 3.05) is 13.6 Å². The van der Waals surface area contributed by atoms with E-state index in [1.165, 1.54) is 6.07 Å². The minimum absolute atomic E-state index is 0.158. The molecule has 6 heteroatoms. The van der Waals surface area contributed by atoms with Gasteiger partial charge in [0.05, 0.1) is 0 Å². The molecule has 92 valence electrons. The van der Waals surface area contributed by atoms with Crippen LogP contribution in [0.15, 0.2) is 22.6 Å². The van der Waals surface area contributed by atoms with Crippen molar-refractivity contribution in [2.45, 2.75) is 12.6 Å². The molecule has 0 radical (unpaired) electrons. The minimum Gasteiger partial charge on any atom is -0.433 e. The first-order valence-electron chi connectivity index (χ1n) is 5.12. The van der Waals surface area contributed by atoms with Crippen molar-refractivity contribution in [2.24, 2.45) is 0 Å². The first-order valence-corrected chi connectivity index (χ1v) is 5.12. The summed E-state index contributed by atoms with van der Waals surface area (Å²) in [6, 6.07) is 4.87. The third-order valence-electron chi connectivity index (χ3n) is 2.36. The molecule has 0 saturated carbocycles. The summed E-state index contributed by atoms with van der Waals surface area (Å²) in [5, 5.41) is 2.97. The van der Waals surface area contributed by atoms with Crippen molar-refractivity contribution in [3.8, 4) is 0 Å². The highest BCUT2D eigenvalue weighted by molar-refractivity contribution is 5.73. The minimum atomic E-state index is -4.54. The van der Waals surface area contributed by atoms with Crippen LogP contribution in [0.3, 0.4) is 0 Å². The largest absolute Gasteiger partial charge is 0.468 e. The van der Waals surface area contributed by atoms with Crippen LogP contribution in [0, 0.1) is 0 Å². The van der Waals surface area contributed by atoms with Gasteiger partial charge in [-0.3, -0.25) is 0 Å². The average Bonchev–Trinajstić information content (AvgIpc) is 2.68. The lowest BCUT2D eigenvalue weighted by atomic mass is 10.1. The van der Waals surface area contributed by atoms with Crippen LogP contribution in [0.5, 0.6) is 0 Å². The number of likely N-dealkylation sites (N-methyl/N-ethyl adjacent to an activating group) is 1. The van der Waals surface area contributed by atoms with Crippen molar-refractivity contribution in [3.63, 3.8) is 0 Å². The van der Waals surface area contributed by atoms with Crippen LogP contribution >= 0.6 is 0 Å². The molecule has 0 unspecified atom stereocenters. The number of nitrogens with zero attached hydrogens (tertiary/aromatic N) is 1. The second kappa shape index (κ2) is 4.37. The summed E-state index contributed by atoms with van der Waals surface area (Å²) in [6.07, 6.45) is -3.80. The van der Waals surface area contributed by atoms with Gasteiger partial charge in [-0.1, -0.05) is 6.07 Å². The van der Waals surface area contributed by atoms with Gasteiger partial charge in [0.15, 0.2) is 5.58 Å². The first kappa shape index (κ1) is 11.9. The molecule has 0 atom stereocenters. The number of oxazole rings is 1. The van der Waals surface area contributed by atoms with Gasteiger partial charge in [0.25, 0.3) is 0 Å². The lowest BCUT2D eigenvalue weighted by molar-refractivity contribution is -0.156. The Kier molecular flexibility index (Phi) is 3.06. The van der Waals surface area contributed by atoms with Gasteiger partial charge in [-0.05, 0) is 37.7 Å². The fourth-order valence-electron chi connectivity index (χ4n) is 1.52. The summed E-state index contributed by atoms with van der Waals surface area (Å²) >= 11 is 0. The molecule has 0 bridgehead atoms. The molecular formula is C11H11F3N2O. The smallest absolute Gasteiger partial charge is 0.433 e. The van der Waals surface area contributed by atoms with Gasteiger partial charge in [0, 0.05) is 0 Å². The standard InChI is InChI=1S/C11H11F3N2O/c1-15-5-4-7-2-3-9-8(6-7)16-10(17-9)11(12,13)14/h2-3,6,15H,4-5H2,1H3. The number of aromatic nitrogens is 1. The first-order chi connectivity index (χ1) is 8.00. The molecule has 17 heavy (non-hydrogen) atoms. The van der Waals surface area contributed by atoms with Crippen LogP contribution in [0.25, 0.3) is 11.1 Å². The Labute approximate surface area is 95.6 Å². The van der Waals surface area contributed by atoms with E-state index in [1.807, 2.05) is 7.05 Å². The van der Waals surface area contributed by atoms with Gasteiger partial charge >= 0.3 is 12.1 Å². The highest BCUT2D eigenvalue weighted by atomic mass is 19.4. The Hall–Kier alpha value is -1.56. The summed E-state index contributed by atoms with van der Waals surface area (Å²) in [6.45, 7) is 0.759. The number of rotatable bonds is 3. The maximum absolute atomic E-state index is 12.4. The molecule has 0 aliphatic heterocycles. The third-order valence-corrected chi connectivity index (χ3v) is 2.36. The Morgan fingerprint density at radius 2 is 2.12 bits per heavy atom. The Balaban J connectivity index is 2.34. The van der Waals surface area contributed by atoms with Crippen LogP contribution in [0.2, 0.25) is 0 Å². The molecular weight excluding hydrogens is 233 g/mol. The zero-order valence-electron chi connectivity index (χ0n) is 9.14. The van der Waals surface area contributed by atoms with Crippen LogP contribution in [0.4, 0.5) is 13.2 Å². The van der Waals surface area contributed by atoms with Gasteiger partial charge in [0.2, 0.25) is 0 Å². The Bertz CT molecular complexity index is 519. The average molecular weight is 244 g/mol. The molecule has 1 heterocycles. The fourth-order valence-corrected chi connectivity index (χ4v) is 1.52. The molecule has 0 saturated heterocycles. The zero-order chi connectivity index (χ0) is 12.5. The monoisotopic (exact) mass is 244 g/mol. The van der Waals surface area contributed by atoms with E-state index in [-0.39, 0.29) is 11.1 Å². The van der Waals surface area contributed by atoms with E-state index in [2.05, 4.69) is 14.7 Å². The number of halogens is 3. The van der Waals surface area contributed by atoms with E-state index < -0.39 is 12.1 Å². The van der Waals surface area contributed by atoms with Crippen LogP contribution in [-0.4, -0.2) is 18.6 Å². The second-order valence-electron chi connectivity index (χ2n) is 3.67. The topological polar surface area (TPSA) is 38.1 Å². The summed E-state index contributed by atoms with van der Waals surface area (Å²) in [4.78, 5) is 3.44. The normalized spacial score (nSPS) is 12.2. The molecule has 1 aromatic carbocycles. The zero-order valence-corrected chi connectivity index (χ0v) is 9.14. The van der Waals surface area contributed by atoms with Crippen molar-refractivity contribution in [1.29, 1.82) is 0 Å². The lowest BCUT2D eigenvalue weighted by Gasteiger charge is -1.98. The molecule has 2 aromatic rings. The van der Waals surface area contributed by atoms with Crippen LogP contribution in [-0.2, 0) is 12.6 Å². The fraction of sp³-hybridized carbons (Fsp3) is 0.364. The molecule has 1 N–H and O–H groups in total. The van der Waals surface area contributed by atoms with Crippen molar-refractivity contribution >= 4 is 11.1 Å². The molecule has 3 nitrogen and oxygen atoms in total. The predicted molar refractivity (Wildman–Crippen MR) is 56.6 cm³/mol. The van der Waals surface area contributed by atoms with Crippen molar-refractivity contribution in [1.82, 2.24) is 10.3 Å². The molecule has 0 fully saturated rings. The number of alkyl halides is 3. The van der Waals surface area contributed by atoms with Gasteiger partial charge < -0.3 is 9.73 Å². The molecule has 0 spiro atoms. The van der Waals surface area contributed by atoms with Gasteiger partial charge in [-0.2, -0.15) is 13.2 Å².